The molecule has 1 unspecified atom stereocenters. The van der Waals surface area contributed by atoms with Gasteiger partial charge in [-0.3, -0.25) is 4.79 Å². The maximum Gasteiger partial charge on any atom is 0.263 e. The zero-order valence-corrected chi connectivity index (χ0v) is 13.5. The number of amides is 1. The lowest BCUT2D eigenvalue weighted by atomic mass is 10.1. The molecule has 0 aliphatic carbocycles. The van der Waals surface area contributed by atoms with Crippen LogP contribution in [0, 0.1) is 6.92 Å². The highest BCUT2D eigenvalue weighted by atomic mass is 32.2. The van der Waals surface area contributed by atoms with Gasteiger partial charge in [-0.2, -0.15) is 11.8 Å². The first kappa shape index (κ1) is 15.1. The molecule has 0 radical (unpaired) electrons. The molecule has 0 fully saturated rings. The summed E-state index contributed by atoms with van der Waals surface area (Å²) in [5, 5.41) is 3.90. The number of carbonyl (C=O) groups excluding carboxylic acids is 1. The fraction of sp³-hybridized carbons (Fsp3) is 0.429. The largest absolute Gasteiger partial charge is 0.397 e. The van der Waals surface area contributed by atoms with Gasteiger partial charge >= 0.3 is 0 Å². The van der Waals surface area contributed by atoms with Crippen molar-refractivity contribution in [3.05, 3.63) is 22.7 Å². The van der Waals surface area contributed by atoms with Crippen LogP contribution in [0.4, 0.5) is 5.69 Å². The smallest absolute Gasteiger partial charge is 0.263 e. The number of rotatable bonds is 5. The van der Waals surface area contributed by atoms with Crippen molar-refractivity contribution in [1.29, 1.82) is 0 Å². The normalized spacial score (nSPS) is 12.6. The Bertz CT molecular complexity index is 624. The molecule has 0 bridgehead atoms. The molecular formula is C14H19N3OS2. The molecule has 0 aliphatic heterocycles. The molecule has 2 heterocycles. The lowest BCUT2D eigenvalue weighted by Crippen LogP contribution is -2.34. The fourth-order valence-electron chi connectivity index (χ4n) is 2.00. The van der Waals surface area contributed by atoms with Crippen molar-refractivity contribution in [2.75, 3.05) is 17.2 Å². The molecule has 1 amide bonds. The van der Waals surface area contributed by atoms with E-state index < -0.39 is 0 Å². The minimum atomic E-state index is -0.103. The number of fused-ring (bicyclic) bond motifs is 1. The van der Waals surface area contributed by atoms with E-state index >= 15 is 0 Å². The lowest BCUT2D eigenvalue weighted by Gasteiger charge is -2.12. The third kappa shape index (κ3) is 3.07. The van der Waals surface area contributed by atoms with Gasteiger partial charge in [0, 0.05) is 23.4 Å². The van der Waals surface area contributed by atoms with Crippen molar-refractivity contribution in [3.8, 4) is 0 Å². The average Bonchev–Trinajstić information content (AvgIpc) is 2.75. The van der Waals surface area contributed by atoms with Gasteiger partial charge in [-0.05, 0) is 31.2 Å². The number of nitrogens with zero attached hydrogens (tertiary/aromatic N) is 1. The molecule has 3 N–H and O–H groups in total. The van der Waals surface area contributed by atoms with Crippen molar-refractivity contribution in [2.24, 2.45) is 0 Å². The number of thioether (sulfide) groups is 1. The van der Waals surface area contributed by atoms with Crippen molar-refractivity contribution < 1.29 is 4.79 Å². The molecule has 20 heavy (non-hydrogen) atoms. The van der Waals surface area contributed by atoms with E-state index in [1.807, 2.05) is 31.7 Å². The van der Waals surface area contributed by atoms with Crippen LogP contribution in [0.1, 0.15) is 29.1 Å². The van der Waals surface area contributed by atoms with Gasteiger partial charge in [-0.1, -0.05) is 6.92 Å². The van der Waals surface area contributed by atoms with E-state index in [-0.39, 0.29) is 11.9 Å². The number of anilines is 1. The second-order valence-electron chi connectivity index (χ2n) is 4.69. The van der Waals surface area contributed by atoms with E-state index in [2.05, 4.69) is 17.2 Å². The van der Waals surface area contributed by atoms with Gasteiger partial charge in [0.25, 0.3) is 5.91 Å². The summed E-state index contributed by atoms with van der Waals surface area (Å²) in [6, 6.07) is 2.04. The van der Waals surface area contributed by atoms with Gasteiger partial charge < -0.3 is 11.1 Å². The highest BCUT2D eigenvalue weighted by Gasteiger charge is 2.19. The Balaban J connectivity index is 2.22. The monoisotopic (exact) mass is 309 g/mol. The van der Waals surface area contributed by atoms with E-state index in [1.54, 1.807) is 6.20 Å². The maximum atomic E-state index is 12.3. The van der Waals surface area contributed by atoms with Crippen molar-refractivity contribution in [3.63, 3.8) is 0 Å². The zero-order valence-electron chi connectivity index (χ0n) is 11.9. The Hall–Kier alpha value is -1.27. The zero-order chi connectivity index (χ0) is 14.7. The Morgan fingerprint density at radius 1 is 1.60 bits per heavy atom. The number of nitrogens with two attached hydrogens (primary N) is 1. The van der Waals surface area contributed by atoms with Gasteiger partial charge in [0.2, 0.25) is 0 Å². The van der Waals surface area contributed by atoms with Crippen LogP contribution in [0.2, 0.25) is 0 Å². The van der Waals surface area contributed by atoms with Crippen molar-refractivity contribution >= 4 is 44.9 Å². The first-order valence-electron chi connectivity index (χ1n) is 6.56. The number of nitrogens with one attached hydrogen (secondary N) is 1. The summed E-state index contributed by atoms with van der Waals surface area (Å²) in [7, 11) is 0. The third-order valence-corrected chi connectivity index (χ3v) is 5.25. The van der Waals surface area contributed by atoms with Crippen LogP contribution < -0.4 is 11.1 Å². The standard InChI is InChI=1S/C14H19N3OS2/c1-4-19-7-9(3)17-13(18)12-11(15)10-8(2)5-6-16-14(10)20-12/h5-6,9H,4,7,15H2,1-3H3,(H,17,18). The highest BCUT2D eigenvalue weighted by Crippen LogP contribution is 2.34. The van der Waals surface area contributed by atoms with Crippen LogP contribution in [0.3, 0.4) is 0 Å². The predicted octanol–water partition coefficient (Wildman–Crippen LogP) is 3.06. The molecule has 1 atom stereocenters. The third-order valence-electron chi connectivity index (χ3n) is 2.99. The number of hydrogen-bond donors (Lipinski definition) is 2. The SMILES string of the molecule is CCSCC(C)NC(=O)c1sc2nccc(C)c2c1N. The highest BCUT2D eigenvalue weighted by molar-refractivity contribution is 7.99. The van der Waals surface area contributed by atoms with Crippen LogP contribution in [0.25, 0.3) is 10.2 Å². The first-order valence-corrected chi connectivity index (χ1v) is 8.53. The number of pyridine rings is 1. The van der Waals surface area contributed by atoms with E-state index in [0.717, 1.165) is 27.3 Å². The Morgan fingerprint density at radius 2 is 2.35 bits per heavy atom. The number of nitrogen functional groups attached to an aromatic ring is 1. The molecule has 6 heteroatoms. The Morgan fingerprint density at radius 3 is 3.00 bits per heavy atom. The number of hydrogen-bond acceptors (Lipinski definition) is 5. The molecule has 0 aliphatic rings. The van der Waals surface area contributed by atoms with Crippen molar-refractivity contribution in [2.45, 2.75) is 26.8 Å². The second-order valence-corrected chi connectivity index (χ2v) is 7.00. The Kier molecular flexibility index (Phi) is 4.88. The molecule has 108 valence electrons. The van der Waals surface area contributed by atoms with Gasteiger partial charge in [0.1, 0.15) is 9.71 Å². The Labute approximate surface area is 127 Å². The lowest BCUT2D eigenvalue weighted by molar-refractivity contribution is 0.0948. The molecule has 4 nitrogen and oxygen atoms in total. The van der Waals surface area contributed by atoms with Gasteiger partial charge in [-0.25, -0.2) is 4.98 Å². The predicted molar refractivity (Wildman–Crippen MR) is 88.7 cm³/mol. The first-order chi connectivity index (χ1) is 9.54. The summed E-state index contributed by atoms with van der Waals surface area (Å²) in [4.78, 5) is 18.0. The summed E-state index contributed by atoms with van der Waals surface area (Å²) in [5.41, 5.74) is 7.72. The van der Waals surface area contributed by atoms with Crippen LogP contribution in [-0.2, 0) is 0 Å². The quantitative estimate of drug-likeness (QED) is 0.890. The van der Waals surface area contributed by atoms with E-state index in [4.69, 9.17) is 5.73 Å². The number of aryl methyl sites for hydroxylation is 1. The molecule has 2 aromatic heterocycles. The summed E-state index contributed by atoms with van der Waals surface area (Å²) in [6.45, 7) is 6.10. The van der Waals surface area contributed by atoms with Gasteiger partial charge in [-0.15, -0.1) is 11.3 Å². The van der Waals surface area contributed by atoms with Crippen LogP contribution in [0.5, 0.6) is 0 Å². The molecule has 0 aromatic carbocycles. The van der Waals surface area contributed by atoms with E-state index in [1.165, 1.54) is 11.3 Å². The van der Waals surface area contributed by atoms with Crippen molar-refractivity contribution in [1.82, 2.24) is 10.3 Å². The topological polar surface area (TPSA) is 68.0 Å². The molecule has 2 rings (SSSR count). The molecule has 0 spiro atoms. The summed E-state index contributed by atoms with van der Waals surface area (Å²) in [5.74, 6) is 1.85. The van der Waals surface area contributed by atoms with Crippen LogP contribution >= 0.6 is 23.1 Å². The van der Waals surface area contributed by atoms with Crippen LogP contribution in [0.15, 0.2) is 12.3 Å². The van der Waals surface area contributed by atoms with Crippen LogP contribution in [-0.4, -0.2) is 28.4 Å². The number of thiophene rings is 1. The number of aromatic nitrogens is 1. The summed E-state index contributed by atoms with van der Waals surface area (Å²) in [6.07, 6.45) is 1.75. The van der Waals surface area contributed by atoms with E-state index in [0.29, 0.717) is 10.6 Å². The second kappa shape index (κ2) is 6.45. The fourth-order valence-corrected chi connectivity index (χ4v) is 3.71. The average molecular weight is 309 g/mol. The van der Waals surface area contributed by atoms with Gasteiger partial charge in [0.05, 0.1) is 5.69 Å². The minimum absolute atomic E-state index is 0.103. The maximum absolute atomic E-state index is 12.3. The summed E-state index contributed by atoms with van der Waals surface area (Å²) < 4.78 is 0. The molecule has 0 saturated heterocycles. The summed E-state index contributed by atoms with van der Waals surface area (Å²) >= 11 is 3.17. The van der Waals surface area contributed by atoms with E-state index in [9.17, 15) is 4.79 Å². The molecular weight excluding hydrogens is 290 g/mol. The minimum Gasteiger partial charge on any atom is -0.397 e. The number of carbonyl (C=O) groups is 1. The molecule has 2 aromatic rings. The molecule has 0 saturated carbocycles. The van der Waals surface area contributed by atoms with Gasteiger partial charge in [0.15, 0.2) is 0 Å².